The van der Waals surface area contributed by atoms with Crippen molar-refractivity contribution in [3.8, 4) is 0 Å². The van der Waals surface area contributed by atoms with Crippen molar-refractivity contribution >= 4 is 35.4 Å². The third-order valence-electron chi connectivity index (χ3n) is 8.37. The molecule has 262 valence electrons. The number of nitrogens with one attached hydrogen (secondary N) is 6. The average Bonchev–Trinajstić information content (AvgIpc) is 3.77. The van der Waals surface area contributed by atoms with Gasteiger partial charge in [0.2, 0.25) is 35.4 Å². The Bertz CT molecular complexity index is 1380. The molecule has 6 amide bonds. The topological polar surface area (TPSA) is 194 Å². The number of carbonyl (C=O) groups is 6. The molecule has 1 aromatic carbocycles. The van der Waals surface area contributed by atoms with Gasteiger partial charge in [-0.05, 0) is 37.2 Å². The molecular formula is C34H50N8O6. The minimum Gasteiger partial charge on any atom is -0.350 e. The molecule has 3 rings (SSSR count). The molecule has 14 heteroatoms. The largest absolute Gasteiger partial charge is 0.350 e. The Balaban J connectivity index is 1.54. The average molecular weight is 667 g/mol. The summed E-state index contributed by atoms with van der Waals surface area (Å²) in [5.74, 6) is -2.67. The monoisotopic (exact) mass is 666 g/mol. The Morgan fingerprint density at radius 1 is 0.938 bits per heavy atom. The van der Waals surface area contributed by atoms with E-state index in [1.165, 1.54) is 18.2 Å². The lowest BCUT2D eigenvalue weighted by Crippen LogP contribution is -2.56. The molecule has 2 aromatic rings. The van der Waals surface area contributed by atoms with Gasteiger partial charge in [-0.25, -0.2) is 4.98 Å². The van der Waals surface area contributed by atoms with Gasteiger partial charge < -0.3 is 36.5 Å². The predicted octanol–water partition coefficient (Wildman–Crippen LogP) is 0.942. The van der Waals surface area contributed by atoms with Gasteiger partial charge in [-0.3, -0.25) is 28.8 Å². The van der Waals surface area contributed by atoms with E-state index in [4.69, 9.17) is 0 Å². The summed E-state index contributed by atoms with van der Waals surface area (Å²) >= 11 is 0. The maximum absolute atomic E-state index is 13.4. The second-order valence-electron chi connectivity index (χ2n) is 12.8. The summed E-state index contributed by atoms with van der Waals surface area (Å²) in [6, 6.07) is 5.95. The molecule has 2 heterocycles. The van der Waals surface area contributed by atoms with Gasteiger partial charge in [-0.2, -0.15) is 0 Å². The van der Waals surface area contributed by atoms with Gasteiger partial charge in [0.05, 0.1) is 12.9 Å². The van der Waals surface area contributed by atoms with Crippen molar-refractivity contribution in [1.29, 1.82) is 0 Å². The van der Waals surface area contributed by atoms with Crippen molar-refractivity contribution in [2.45, 2.75) is 97.4 Å². The summed E-state index contributed by atoms with van der Waals surface area (Å²) in [5.41, 5.74) is 1.57. The van der Waals surface area contributed by atoms with E-state index in [1.807, 2.05) is 58.0 Å². The lowest BCUT2D eigenvalue weighted by atomic mass is 9.97. The van der Waals surface area contributed by atoms with Crippen molar-refractivity contribution in [3.05, 3.63) is 54.1 Å². The Hall–Kier alpha value is -4.75. The Morgan fingerprint density at radius 3 is 2.31 bits per heavy atom. The highest BCUT2D eigenvalue weighted by Gasteiger charge is 2.37. The number of imidazole rings is 1. The van der Waals surface area contributed by atoms with E-state index in [-0.39, 0.29) is 43.0 Å². The molecule has 1 aromatic heterocycles. The lowest BCUT2D eigenvalue weighted by molar-refractivity contribution is -0.140. The van der Waals surface area contributed by atoms with Crippen LogP contribution in [0.2, 0.25) is 0 Å². The van der Waals surface area contributed by atoms with Gasteiger partial charge in [0.15, 0.2) is 0 Å². The number of aromatic amines is 1. The highest BCUT2D eigenvalue weighted by atomic mass is 16.2. The van der Waals surface area contributed by atoms with E-state index in [2.05, 4.69) is 36.6 Å². The summed E-state index contributed by atoms with van der Waals surface area (Å²) in [7, 11) is 0. The first-order valence-electron chi connectivity index (χ1n) is 16.7. The number of rotatable bonds is 17. The second kappa shape index (κ2) is 18.6. The molecule has 5 atom stereocenters. The smallest absolute Gasteiger partial charge is 0.243 e. The van der Waals surface area contributed by atoms with Crippen LogP contribution >= 0.6 is 0 Å². The minimum atomic E-state index is -1.01. The van der Waals surface area contributed by atoms with Crippen LogP contribution in [0.5, 0.6) is 0 Å². The summed E-state index contributed by atoms with van der Waals surface area (Å²) in [6.07, 6.45) is 5.08. The molecule has 14 nitrogen and oxygen atoms in total. The third-order valence-corrected chi connectivity index (χ3v) is 8.37. The van der Waals surface area contributed by atoms with Gasteiger partial charge in [-0.15, -0.1) is 0 Å². The van der Waals surface area contributed by atoms with Crippen molar-refractivity contribution in [3.63, 3.8) is 0 Å². The summed E-state index contributed by atoms with van der Waals surface area (Å²) in [5, 5.41) is 13.7. The number of benzene rings is 1. The molecule has 0 unspecified atom stereocenters. The fraction of sp³-hybridized carbons (Fsp3) is 0.559. The Labute approximate surface area is 282 Å². The van der Waals surface area contributed by atoms with Crippen LogP contribution in [0.15, 0.2) is 42.9 Å². The van der Waals surface area contributed by atoms with Crippen LogP contribution < -0.4 is 26.6 Å². The number of hydrogen-bond donors (Lipinski definition) is 6. The quantitative estimate of drug-likeness (QED) is 0.145. The highest BCUT2D eigenvalue weighted by molar-refractivity contribution is 5.95. The van der Waals surface area contributed by atoms with Crippen molar-refractivity contribution in [2.24, 2.45) is 11.8 Å². The SMILES string of the molecule is CC[C@H](C)[C@H](NC(=O)[C@H]1CCCN1C(=O)CNC(=O)[C@H](C)NC(=O)[C@H](Cc1cnc[nH]1)NC(=O)CC(C)C)C(=O)NCc1ccccc1. The fourth-order valence-corrected chi connectivity index (χ4v) is 5.43. The van der Waals surface area contributed by atoms with Gasteiger partial charge in [-0.1, -0.05) is 64.4 Å². The predicted molar refractivity (Wildman–Crippen MR) is 179 cm³/mol. The van der Waals surface area contributed by atoms with Crippen LogP contribution in [0.25, 0.3) is 0 Å². The van der Waals surface area contributed by atoms with E-state index in [0.717, 1.165) is 5.56 Å². The lowest BCUT2D eigenvalue weighted by Gasteiger charge is -2.29. The molecule has 0 aliphatic carbocycles. The van der Waals surface area contributed by atoms with E-state index >= 15 is 0 Å². The van der Waals surface area contributed by atoms with E-state index < -0.39 is 47.8 Å². The molecule has 0 radical (unpaired) electrons. The van der Waals surface area contributed by atoms with Crippen LogP contribution in [-0.2, 0) is 41.7 Å². The Kier molecular flexibility index (Phi) is 14.6. The van der Waals surface area contributed by atoms with Crippen LogP contribution in [0.1, 0.15) is 71.6 Å². The van der Waals surface area contributed by atoms with Gasteiger partial charge in [0, 0.05) is 37.8 Å². The van der Waals surface area contributed by atoms with Gasteiger partial charge >= 0.3 is 0 Å². The number of carbonyl (C=O) groups excluding carboxylic acids is 6. The van der Waals surface area contributed by atoms with Crippen LogP contribution in [0.3, 0.4) is 0 Å². The summed E-state index contributed by atoms with van der Waals surface area (Å²) in [4.78, 5) is 86.4. The first kappa shape index (κ1) is 37.7. The number of H-pyrrole nitrogens is 1. The number of nitrogens with zero attached hydrogens (tertiary/aromatic N) is 2. The zero-order valence-electron chi connectivity index (χ0n) is 28.5. The number of hydrogen-bond acceptors (Lipinski definition) is 7. The fourth-order valence-electron chi connectivity index (χ4n) is 5.43. The summed E-state index contributed by atoms with van der Waals surface area (Å²) in [6.45, 7) is 9.37. The molecule has 1 fully saturated rings. The number of likely N-dealkylation sites (tertiary alicyclic amines) is 1. The van der Waals surface area contributed by atoms with Crippen LogP contribution in [0, 0.1) is 11.8 Å². The molecule has 1 saturated heterocycles. The highest BCUT2D eigenvalue weighted by Crippen LogP contribution is 2.19. The minimum absolute atomic E-state index is 0.0927. The molecule has 6 N–H and O–H groups in total. The number of amides is 6. The summed E-state index contributed by atoms with van der Waals surface area (Å²) < 4.78 is 0. The van der Waals surface area contributed by atoms with Crippen molar-refractivity contribution in [2.75, 3.05) is 13.1 Å². The molecule has 1 aliphatic rings. The van der Waals surface area contributed by atoms with Gasteiger partial charge in [0.25, 0.3) is 0 Å². The van der Waals surface area contributed by atoms with Crippen LogP contribution in [0.4, 0.5) is 0 Å². The first-order chi connectivity index (χ1) is 22.9. The molecule has 1 aliphatic heterocycles. The molecule has 0 spiro atoms. The molecule has 0 bridgehead atoms. The third kappa shape index (κ3) is 11.5. The van der Waals surface area contributed by atoms with Gasteiger partial charge in [0.1, 0.15) is 24.2 Å². The van der Waals surface area contributed by atoms with Crippen LogP contribution in [-0.4, -0.2) is 87.6 Å². The van der Waals surface area contributed by atoms with E-state index in [9.17, 15) is 28.8 Å². The Morgan fingerprint density at radius 2 is 1.67 bits per heavy atom. The zero-order chi connectivity index (χ0) is 35.2. The zero-order valence-corrected chi connectivity index (χ0v) is 28.5. The number of aromatic nitrogens is 2. The first-order valence-corrected chi connectivity index (χ1v) is 16.7. The van der Waals surface area contributed by atoms with E-state index in [0.29, 0.717) is 38.0 Å². The molecular weight excluding hydrogens is 616 g/mol. The maximum Gasteiger partial charge on any atom is 0.243 e. The van der Waals surface area contributed by atoms with Crippen molar-refractivity contribution in [1.82, 2.24) is 41.5 Å². The standard InChI is InChI=1S/C34H50N8O6/c1-6-22(4)30(34(48)36-17-24-11-8-7-9-12-24)41-33(47)27-13-10-14-42(27)29(44)19-37-31(45)23(5)39-32(46)26(16-25-18-35-20-38-25)40-28(43)15-21(2)3/h7-9,11-12,18,20-23,26-27,30H,6,10,13-17,19H2,1-5H3,(H,35,38)(H,36,48)(H,37,45)(H,39,46)(H,40,43)(H,41,47)/t22-,23-,26-,27+,30-/m0/s1. The second-order valence-corrected chi connectivity index (χ2v) is 12.8. The van der Waals surface area contributed by atoms with Crippen molar-refractivity contribution < 1.29 is 28.8 Å². The molecule has 0 saturated carbocycles. The maximum atomic E-state index is 13.4. The molecule has 48 heavy (non-hydrogen) atoms. The van der Waals surface area contributed by atoms with E-state index in [1.54, 1.807) is 6.20 Å². The normalized spacial score (nSPS) is 16.7.